The zero-order valence-corrected chi connectivity index (χ0v) is 14.9. The van der Waals surface area contributed by atoms with E-state index in [1.165, 1.54) is 6.08 Å². The molecule has 5 heteroatoms. The van der Waals surface area contributed by atoms with Gasteiger partial charge in [0.15, 0.2) is 6.61 Å². The Morgan fingerprint density at radius 1 is 0.963 bits per heavy atom. The van der Waals surface area contributed by atoms with Crippen LogP contribution in [0.25, 0.3) is 16.8 Å². The van der Waals surface area contributed by atoms with Gasteiger partial charge in [-0.15, -0.1) is 0 Å². The van der Waals surface area contributed by atoms with Crippen molar-refractivity contribution in [3.8, 4) is 5.75 Å². The SMILES string of the molecule is Cc1cccc(OCC(=O)NNC(=O)C=Cc2cccc3ccccc23)c1. The molecule has 0 saturated heterocycles. The van der Waals surface area contributed by atoms with Crippen molar-refractivity contribution in [1.29, 1.82) is 0 Å². The lowest BCUT2D eigenvalue weighted by atomic mass is 10.0. The van der Waals surface area contributed by atoms with Gasteiger partial charge in [-0.3, -0.25) is 20.4 Å². The van der Waals surface area contributed by atoms with Crippen LogP contribution in [0.4, 0.5) is 0 Å². The van der Waals surface area contributed by atoms with Crippen LogP contribution >= 0.6 is 0 Å². The Balaban J connectivity index is 1.50. The quantitative estimate of drug-likeness (QED) is 0.541. The topological polar surface area (TPSA) is 67.4 Å². The van der Waals surface area contributed by atoms with Crippen LogP contribution in [0.1, 0.15) is 11.1 Å². The molecule has 0 aromatic heterocycles. The third kappa shape index (κ3) is 5.19. The number of hydrazine groups is 1. The first-order valence-electron chi connectivity index (χ1n) is 8.56. The Morgan fingerprint density at radius 3 is 2.59 bits per heavy atom. The molecule has 0 spiro atoms. The van der Waals surface area contributed by atoms with Gasteiger partial charge in [0.2, 0.25) is 0 Å². The minimum absolute atomic E-state index is 0.184. The molecule has 0 unspecified atom stereocenters. The highest BCUT2D eigenvalue weighted by Crippen LogP contribution is 2.19. The van der Waals surface area contributed by atoms with Gasteiger partial charge < -0.3 is 4.74 Å². The first-order chi connectivity index (χ1) is 13.1. The van der Waals surface area contributed by atoms with E-state index in [9.17, 15) is 9.59 Å². The summed E-state index contributed by atoms with van der Waals surface area (Å²) in [6.07, 6.45) is 3.09. The van der Waals surface area contributed by atoms with Crippen molar-refractivity contribution in [3.05, 3.63) is 83.9 Å². The van der Waals surface area contributed by atoms with Crippen LogP contribution in [0.5, 0.6) is 5.75 Å². The number of ether oxygens (including phenoxy) is 1. The van der Waals surface area contributed by atoms with E-state index in [1.54, 1.807) is 12.1 Å². The fourth-order valence-electron chi connectivity index (χ4n) is 2.62. The van der Waals surface area contributed by atoms with Gasteiger partial charge in [-0.05, 0) is 47.0 Å². The number of benzene rings is 3. The number of nitrogens with one attached hydrogen (secondary N) is 2. The molecule has 0 saturated carbocycles. The molecule has 5 nitrogen and oxygen atoms in total. The van der Waals surface area contributed by atoms with Crippen molar-refractivity contribution in [2.75, 3.05) is 6.61 Å². The number of amides is 2. The van der Waals surface area contributed by atoms with Gasteiger partial charge in [0.25, 0.3) is 11.8 Å². The summed E-state index contributed by atoms with van der Waals surface area (Å²) in [6, 6.07) is 21.2. The molecule has 3 rings (SSSR count). The fourth-order valence-corrected chi connectivity index (χ4v) is 2.62. The molecule has 27 heavy (non-hydrogen) atoms. The summed E-state index contributed by atoms with van der Waals surface area (Å²) >= 11 is 0. The van der Waals surface area contributed by atoms with Gasteiger partial charge in [0.05, 0.1) is 0 Å². The molecule has 3 aromatic carbocycles. The number of hydrogen-bond acceptors (Lipinski definition) is 3. The second-order valence-corrected chi connectivity index (χ2v) is 6.04. The van der Waals surface area contributed by atoms with E-state index in [-0.39, 0.29) is 6.61 Å². The van der Waals surface area contributed by atoms with Crippen molar-refractivity contribution in [2.45, 2.75) is 6.92 Å². The van der Waals surface area contributed by atoms with Crippen molar-refractivity contribution >= 4 is 28.7 Å². The van der Waals surface area contributed by atoms with Gasteiger partial charge >= 0.3 is 0 Å². The average molecular weight is 360 g/mol. The maximum atomic E-state index is 11.9. The highest BCUT2D eigenvalue weighted by molar-refractivity contribution is 5.97. The lowest BCUT2D eigenvalue weighted by Gasteiger charge is -2.08. The lowest BCUT2D eigenvalue weighted by Crippen LogP contribution is -2.43. The summed E-state index contributed by atoms with van der Waals surface area (Å²) in [4.78, 5) is 23.7. The number of carbonyl (C=O) groups excluding carboxylic acids is 2. The predicted molar refractivity (Wildman–Crippen MR) is 106 cm³/mol. The highest BCUT2D eigenvalue weighted by Gasteiger charge is 2.04. The summed E-state index contributed by atoms with van der Waals surface area (Å²) < 4.78 is 5.38. The molecule has 0 heterocycles. The molecule has 0 radical (unpaired) electrons. The van der Waals surface area contributed by atoms with Gasteiger partial charge in [-0.25, -0.2) is 0 Å². The minimum Gasteiger partial charge on any atom is -0.484 e. The second kappa shape index (κ2) is 8.67. The van der Waals surface area contributed by atoms with E-state index in [0.717, 1.165) is 21.9 Å². The summed E-state index contributed by atoms with van der Waals surface area (Å²) in [5.41, 5.74) is 6.64. The molecule has 0 bridgehead atoms. The molecule has 0 aliphatic carbocycles. The lowest BCUT2D eigenvalue weighted by molar-refractivity contribution is -0.128. The summed E-state index contributed by atoms with van der Waals surface area (Å²) in [5, 5.41) is 2.15. The maximum absolute atomic E-state index is 11.9. The molecular weight excluding hydrogens is 340 g/mol. The first-order valence-corrected chi connectivity index (χ1v) is 8.56. The molecule has 0 atom stereocenters. The molecule has 2 N–H and O–H groups in total. The van der Waals surface area contributed by atoms with E-state index >= 15 is 0 Å². The van der Waals surface area contributed by atoms with Crippen LogP contribution in [-0.4, -0.2) is 18.4 Å². The van der Waals surface area contributed by atoms with Crippen LogP contribution < -0.4 is 15.6 Å². The Morgan fingerprint density at radius 2 is 1.74 bits per heavy atom. The molecular formula is C22H20N2O3. The van der Waals surface area contributed by atoms with Crippen molar-refractivity contribution in [2.24, 2.45) is 0 Å². The van der Waals surface area contributed by atoms with Crippen LogP contribution in [0.2, 0.25) is 0 Å². The molecule has 0 aliphatic heterocycles. The fraction of sp³-hybridized carbons (Fsp3) is 0.0909. The van der Waals surface area contributed by atoms with Gasteiger partial charge in [0, 0.05) is 6.08 Å². The monoisotopic (exact) mass is 360 g/mol. The zero-order chi connectivity index (χ0) is 19.1. The molecule has 136 valence electrons. The minimum atomic E-state index is -0.441. The normalized spacial score (nSPS) is 10.7. The zero-order valence-electron chi connectivity index (χ0n) is 14.9. The Bertz CT molecular complexity index is 990. The third-order valence-electron chi connectivity index (χ3n) is 3.92. The first kappa shape index (κ1) is 18.2. The Labute approximate surface area is 157 Å². The number of fused-ring (bicyclic) bond motifs is 1. The molecule has 2 amide bonds. The predicted octanol–water partition coefficient (Wildman–Crippen LogP) is 3.39. The number of rotatable bonds is 5. The van der Waals surface area contributed by atoms with E-state index in [1.807, 2.05) is 67.6 Å². The molecule has 0 aliphatic rings. The van der Waals surface area contributed by atoms with Crippen molar-refractivity contribution in [3.63, 3.8) is 0 Å². The highest BCUT2D eigenvalue weighted by atomic mass is 16.5. The number of hydrogen-bond donors (Lipinski definition) is 2. The van der Waals surface area contributed by atoms with E-state index in [4.69, 9.17) is 4.74 Å². The van der Waals surface area contributed by atoms with Crippen LogP contribution in [-0.2, 0) is 9.59 Å². The largest absolute Gasteiger partial charge is 0.484 e. The van der Waals surface area contributed by atoms with E-state index < -0.39 is 11.8 Å². The average Bonchev–Trinajstić information content (AvgIpc) is 2.69. The number of aryl methyl sites for hydroxylation is 1. The van der Waals surface area contributed by atoms with Crippen LogP contribution in [0.15, 0.2) is 72.8 Å². The molecule has 3 aromatic rings. The summed E-state index contributed by atoms with van der Waals surface area (Å²) in [6.45, 7) is 1.76. The van der Waals surface area contributed by atoms with Gasteiger partial charge in [-0.1, -0.05) is 54.6 Å². The molecule has 0 fully saturated rings. The maximum Gasteiger partial charge on any atom is 0.276 e. The third-order valence-corrected chi connectivity index (χ3v) is 3.92. The Kier molecular flexibility index (Phi) is 5.84. The van der Waals surface area contributed by atoms with E-state index in [2.05, 4.69) is 10.9 Å². The van der Waals surface area contributed by atoms with Crippen molar-refractivity contribution < 1.29 is 14.3 Å². The van der Waals surface area contributed by atoms with Crippen molar-refractivity contribution in [1.82, 2.24) is 10.9 Å². The Hall–Kier alpha value is -3.60. The summed E-state index contributed by atoms with van der Waals surface area (Å²) in [7, 11) is 0. The summed E-state index contributed by atoms with van der Waals surface area (Å²) in [5.74, 6) is -0.261. The smallest absolute Gasteiger partial charge is 0.276 e. The van der Waals surface area contributed by atoms with Gasteiger partial charge in [0.1, 0.15) is 5.75 Å². The van der Waals surface area contributed by atoms with Crippen LogP contribution in [0.3, 0.4) is 0 Å². The van der Waals surface area contributed by atoms with Gasteiger partial charge in [-0.2, -0.15) is 0 Å². The van der Waals surface area contributed by atoms with E-state index in [0.29, 0.717) is 5.75 Å². The second-order valence-electron chi connectivity index (χ2n) is 6.04. The standard InChI is InChI=1S/C22H20N2O3/c1-16-6-4-10-19(14-16)27-15-22(26)24-23-21(25)13-12-18-9-5-8-17-7-2-3-11-20(17)18/h2-14H,15H2,1H3,(H,23,25)(H,24,26). The van der Waals surface area contributed by atoms with Crippen LogP contribution in [0, 0.1) is 6.92 Å². The number of carbonyl (C=O) groups is 2.